The lowest BCUT2D eigenvalue weighted by Crippen LogP contribution is -2.56. The summed E-state index contributed by atoms with van der Waals surface area (Å²) in [7, 11) is -7.07. The summed E-state index contributed by atoms with van der Waals surface area (Å²) >= 11 is 7.08. The lowest BCUT2D eigenvalue weighted by molar-refractivity contribution is -0.145. The highest BCUT2D eigenvalue weighted by atomic mass is 35.5. The number of carbonyl (C=O) groups is 3. The van der Waals surface area contributed by atoms with E-state index in [1.165, 1.54) is 27.2 Å². The predicted octanol–water partition coefficient (Wildman–Crippen LogP) is 0.577. The van der Waals surface area contributed by atoms with Crippen LogP contribution in [-0.2, 0) is 34.2 Å². The second-order valence-electron chi connectivity index (χ2n) is 9.42. The van der Waals surface area contributed by atoms with Gasteiger partial charge in [-0.3, -0.25) is 14.4 Å². The van der Waals surface area contributed by atoms with Crippen molar-refractivity contribution in [3.63, 3.8) is 0 Å². The van der Waals surface area contributed by atoms with Gasteiger partial charge in [0.25, 0.3) is 0 Å². The molecule has 0 aliphatic carbocycles. The summed E-state index contributed by atoms with van der Waals surface area (Å²) in [6, 6.07) is 1.16. The summed E-state index contributed by atoms with van der Waals surface area (Å²) in [6.45, 7) is 0.397. The van der Waals surface area contributed by atoms with Crippen LogP contribution in [0.3, 0.4) is 0 Å². The van der Waals surface area contributed by atoms with Gasteiger partial charge in [-0.2, -0.15) is 4.72 Å². The molecule has 1 aromatic rings. The molecule has 0 radical (unpaired) electrons. The van der Waals surface area contributed by atoms with E-state index in [1.807, 2.05) is 0 Å². The van der Waals surface area contributed by atoms with Crippen molar-refractivity contribution in [1.29, 1.82) is 0 Å². The number of thiophene rings is 1. The van der Waals surface area contributed by atoms with Crippen molar-refractivity contribution in [3.8, 4) is 0 Å². The number of sulfonamides is 1. The van der Waals surface area contributed by atoms with Crippen LogP contribution in [0, 0.1) is 0 Å². The number of sulfone groups is 1. The standard InChI is InChI=1S/C22H29ClN4O7S3/c23-19-6-5-16(35-19)8-12-37(33,34)25-17-3-1-9-26(22(17)30)13-20(28)27-10-2-4-18(27)21(29)24-15-7-11-36(31,32)14-15/h5-6,8,12,15,17-18,25H,1-4,7,9-11,13-14H2,(H,24,29)/b12-8+/t15?,17-,18-/m0/s1. The molecular formula is C22H29ClN4O7S3. The van der Waals surface area contributed by atoms with Gasteiger partial charge in [0, 0.05) is 29.4 Å². The van der Waals surface area contributed by atoms with E-state index in [0.717, 1.165) is 5.41 Å². The molecule has 0 saturated carbocycles. The molecule has 15 heteroatoms. The summed E-state index contributed by atoms with van der Waals surface area (Å²) in [6.07, 6.45) is 3.63. The van der Waals surface area contributed by atoms with Gasteiger partial charge in [0.15, 0.2) is 9.84 Å². The first-order chi connectivity index (χ1) is 17.4. The zero-order valence-electron chi connectivity index (χ0n) is 20.0. The summed E-state index contributed by atoms with van der Waals surface area (Å²) in [5.41, 5.74) is 0. The van der Waals surface area contributed by atoms with Crippen LogP contribution in [-0.4, -0.2) is 93.6 Å². The van der Waals surface area contributed by atoms with Gasteiger partial charge in [0.1, 0.15) is 12.1 Å². The fourth-order valence-corrected chi connectivity index (χ4v) is 8.56. The third-order valence-corrected chi connectivity index (χ3v) is 10.7. The van der Waals surface area contributed by atoms with Crippen LogP contribution in [0.4, 0.5) is 0 Å². The van der Waals surface area contributed by atoms with Crippen molar-refractivity contribution in [2.24, 2.45) is 0 Å². The summed E-state index contributed by atoms with van der Waals surface area (Å²) in [5, 5.41) is 3.73. The van der Waals surface area contributed by atoms with E-state index >= 15 is 0 Å². The molecule has 2 N–H and O–H groups in total. The van der Waals surface area contributed by atoms with E-state index in [0.29, 0.717) is 54.4 Å². The first kappa shape index (κ1) is 28.0. The number of hydrogen-bond donors (Lipinski definition) is 2. The molecule has 11 nitrogen and oxygen atoms in total. The molecular weight excluding hydrogens is 564 g/mol. The topological polar surface area (TPSA) is 150 Å². The third kappa shape index (κ3) is 7.31. The first-order valence-electron chi connectivity index (χ1n) is 12.0. The Morgan fingerprint density at radius 2 is 1.92 bits per heavy atom. The first-order valence-corrected chi connectivity index (χ1v) is 16.5. The van der Waals surface area contributed by atoms with Crippen LogP contribution < -0.4 is 10.0 Å². The number of rotatable bonds is 8. The van der Waals surface area contributed by atoms with Crippen LogP contribution in [0.5, 0.6) is 0 Å². The van der Waals surface area contributed by atoms with Crippen molar-refractivity contribution < 1.29 is 31.2 Å². The number of carbonyl (C=O) groups excluding carboxylic acids is 3. The Morgan fingerprint density at radius 3 is 2.59 bits per heavy atom. The molecule has 4 rings (SSSR count). The van der Waals surface area contributed by atoms with E-state index < -0.39 is 49.8 Å². The van der Waals surface area contributed by atoms with Crippen LogP contribution in [0.15, 0.2) is 17.5 Å². The highest BCUT2D eigenvalue weighted by molar-refractivity contribution is 7.92. The fourth-order valence-electron chi connectivity index (χ4n) is 4.82. The molecule has 4 heterocycles. The highest BCUT2D eigenvalue weighted by Gasteiger charge is 2.39. The van der Waals surface area contributed by atoms with Crippen molar-refractivity contribution >= 4 is 66.6 Å². The number of amides is 3. The smallest absolute Gasteiger partial charge is 0.243 e. The maximum Gasteiger partial charge on any atom is 0.243 e. The average Bonchev–Trinajstić information content (AvgIpc) is 3.55. The van der Waals surface area contributed by atoms with Crippen molar-refractivity contribution in [2.75, 3.05) is 31.1 Å². The Kier molecular flexibility index (Phi) is 8.63. The maximum atomic E-state index is 13.1. The number of likely N-dealkylation sites (tertiary alicyclic amines) is 2. The fraction of sp³-hybridized carbons (Fsp3) is 0.591. The molecule has 3 aliphatic rings. The average molecular weight is 593 g/mol. The lowest BCUT2D eigenvalue weighted by Gasteiger charge is -2.34. The molecule has 37 heavy (non-hydrogen) atoms. The minimum Gasteiger partial charge on any atom is -0.351 e. The number of hydrogen-bond acceptors (Lipinski definition) is 8. The largest absolute Gasteiger partial charge is 0.351 e. The molecule has 3 fully saturated rings. The number of piperidine rings is 1. The molecule has 0 bridgehead atoms. The number of halogens is 1. The second-order valence-corrected chi connectivity index (χ2v) is 15.0. The van der Waals surface area contributed by atoms with Gasteiger partial charge < -0.3 is 15.1 Å². The molecule has 3 saturated heterocycles. The van der Waals surface area contributed by atoms with Crippen molar-refractivity contribution in [3.05, 3.63) is 26.8 Å². The van der Waals surface area contributed by atoms with E-state index in [-0.39, 0.29) is 24.0 Å². The van der Waals surface area contributed by atoms with E-state index in [4.69, 9.17) is 11.6 Å². The Bertz CT molecular complexity index is 1290. The number of nitrogens with zero attached hydrogens (tertiary/aromatic N) is 2. The van der Waals surface area contributed by atoms with Crippen molar-refractivity contribution in [1.82, 2.24) is 19.8 Å². The third-order valence-electron chi connectivity index (χ3n) is 6.62. The maximum absolute atomic E-state index is 13.1. The van der Waals surface area contributed by atoms with Gasteiger partial charge in [-0.25, -0.2) is 16.8 Å². The van der Waals surface area contributed by atoms with Crippen molar-refractivity contribution in [2.45, 2.75) is 50.2 Å². The molecule has 3 amide bonds. The molecule has 204 valence electrons. The van der Waals surface area contributed by atoms with Crippen LogP contribution in [0.2, 0.25) is 4.34 Å². The second kappa shape index (κ2) is 11.4. The Morgan fingerprint density at radius 1 is 1.16 bits per heavy atom. The van der Waals surface area contributed by atoms with Crippen LogP contribution in [0.1, 0.15) is 37.0 Å². The van der Waals surface area contributed by atoms with Gasteiger partial charge in [-0.1, -0.05) is 11.6 Å². The highest BCUT2D eigenvalue weighted by Crippen LogP contribution is 2.23. The van der Waals surface area contributed by atoms with Gasteiger partial charge in [0.2, 0.25) is 27.7 Å². The normalized spacial score (nSPS) is 26.2. The van der Waals surface area contributed by atoms with E-state index in [1.54, 1.807) is 12.1 Å². The van der Waals surface area contributed by atoms with Gasteiger partial charge in [0.05, 0.1) is 22.4 Å². The molecule has 3 aliphatic heterocycles. The Hall–Kier alpha value is -2.00. The van der Waals surface area contributed by atoms with Crippen LogP contribution in [0.25, 0.3) is 6.08 Å². The molecule has 1 unspecified atom stereocenters. The summed E-state index contributed by atoms with van der Waals surface area (Å²) in [5.74, 6) is -1.35. The SMILES string of the molecule is O=C(NC1CCS(=O)(=O)C1)[C@@H]1CCCN1C(=O)CN1CCC[C@H](NS(=O)(=O)/C=C/c2ccc(Cl)s2)C1=O. The Balaban J connectivity index is 1.33. The van der Waals surface area contributed by atoms with Gasteiger partial charge >= 0.3 is 0 Å². The summed E-state index contributed by atoms with van der Waals surface area (Å²) in [4.78, 5) is 42.2. The molecule has 1 aromatic heterocycles. The quantitative estimate of drug-likeness (QED) is 0.448. The monoisotopic (exact) mass is 592 g/mol. The van der Waals surface area contributed by atoms with E-state index in [2.05, 4.69) is 10.0 Å². The van der Waals surface area contributed by atoms with Gasteiger partial charge in [-0.05, 0) is 50.3 Å². The van der Waals surface area contributed by atoms with Gasteiger partial charge in [-0.15, -0.1) is 11.3 Å². The molecule has 3 atom stereocenters. The number of nitrogens with one attached hydrogen (secondary N) is 2. The predicted molar refractivity (Wildman–Crippen MR) is 140 cm³/mol. The lowest BCUT2D eigenvalue weighted by atomic mass is 10.1. The minimum atomic E-state index is -3.92. The zero-order valence-corrected chi connectivity index (χ0v) is 23.2. The minimum absolute atomic E-state index is 0.0332. The summed E-state index contributed by atoms with van der Waals surface area (Å²) < 4.78 is 51.3. The molecule has 0 aromatic carbocycles. The molecule has 0 spiro atoms. The zero-order chi connectivity index (χ0) is 26.8. The Labute approximate surface area is 225 Å². The van der Waals surface area contributed by atoms with Crippen LogP contribution >= 0.6 is 22.9 Å². The van der Waals surface area contributed by atoms with E-state index in [9.17, 15) is 31.2 Å².